The highest BCUT2D eigenvalue weighted by atomic mass is 32.2. The molecule has 0 unspecified atom stereocenters. The first-order valence-corrected chi connectivity index (χ1v) is 9.65. The number of hydrogen-bond donors (Lipinski definition) is 0. The van der Waals surface area contributed by atoms with Gasteiger partial charge in [-0.1, -0.05) is 42.1 Å². The Labute approximate surface area is 165 Å². The first-order valence-electron chi connectivity index (χ1n) is 8.67. The molecule has 142 valence electrons. The average Bonchev–Trinajstić information content (AvgIpc) is 3.37. The third kappa shape index (κ3) is 4.20. The molecule has 0 saturated heterocycles. The number of rotatable bonds is 7. The first kappa shape index (κ1) is 18.2. The predicted molar refractivity (Wildman–Crippen MR) is 103 cm³/mol. The minimum Gasteiger partial charge on any atom is -0.484 e. The van der Waals surface area contributed by atoms with E-state index in [2.05, 4.69) is 25.7 Å². The van der Waals surface area contributed by atoms with E-state index in [0.717, 1.165) is 22.6 Å². The molecule has 28 heavy (non-hydrogen) atoms. The second kappa shape index (κ2) is 8.22. The molecule has 0 N–H and O–H groups in total. The number of benzene rings is 2. The number of ether oxygens (including phenoxy) is 1. The Balaban J connectivity index is 1.37. The fourth-order valence-electron chi connectivity index (χ4n) is 2.55. The Morgan fingerprint density at radius 3 is 2.75 bits per heavy atom. The van der Waals surface area contributed by atoms with E-state index in [1.165, 1.54) is 11.8 Å². The molecule has 0 aliphatic heterocycles. The molecule has 2 aromatic carbocycles. The number of aryl methyl sites for hydroxylation is 2. The molecule has 0 aliphatic carbocycles. The second-order valence-electron chi connectivity index (χ2n) is 6.15. The van der Waals surface area contributed by atoms with E-state index in [9.17, 15) is 0 Å². The van der Waals surface area contributed by atoms with Gasteiger partial charge in [0.2, 0.25) is 0 Å². The molecule has 0 saturated carbocycles. The van der Waals surface area contributed by atoms with E-state index in [0.29, 0.717) is 22.7 Å². The van der Waals surface area contributed by atoms with Crippen LogP contribution in [0, 0.1) is 13.8 Å². The van der Waals surface area contributed by atoms with Crippen molar-refractivity contribution in [2.24, 2.45) is 0 Å². The molecule has 0 bridgehead atoms. The van der Waals surface area contributed by atoms with Gasteiger partial charge in [0.05, 0.1) is 11.4 Å². The van der Waals surface area contributed by atoms with Crippen molar-refractivity contribution in [2.75, 3.05) is 0 Å². The van der Waals surface area contributed by atoms with Crippen LogP contribution in [0.25, 0.3) is 5.69 Å². The van der Waals surface area contributed by atoms with E-state index < -0.39 is 0 Å². The maximum Gasteiger partial charge on any atom is 0.277 e. The van der Waals surface area contributed by atoms with Crippen molar-refractivity contribution >= 4 is 11.8 Å². The Hall–Kier alpha value is -3.20. The van der Waals surface area contributed by atoms with Crippen LogP contribution in [0.1, 0.15) is 22.8 Å². The van der Waals surface area contributed by atoms with E-state index in [1.807, 2.05) is 62.4 Å². The highest BCUT2D eigenvalue weighted by Crippen LogP contribution is 2.23. The van der Waals surface area contributed by atoms with Crippen molar-refractivity contribution in [1.29, 1.82) is 0 Å². The largest absolute Gasteiger partial charge is 0.484 e. The summed E-state index contributed by atoms with van der Waals surface area (Å²) in [6.45, 7) is 4.25. The molecule has 9 heteroatoms. The van der Waals surface area contributed by atoms with E-state index in [4.69, 9.17) is 9.15 Å². The highest BCUT2D eigenvalue weighted by Gasteiger charge is 2.13. The van der Waals surface area contributed by atoms with Crippen LogP contribution < -0.4 is 4.74 Å². The first-order chi connectivity index (χ1) is 13.7. The fourth-order valence-corrected chi connectivity index (χ4v) is 3.24. The molecular formula is C19H18N6O2S. The van der Waals surface area contributed by atoms with Crippen molar-refractivity contribution in [1.82, 2.24) is 30.4 Å². The van der Waals surface area contributed by atoms with Gasteiger partial charge in [0.15, 0.2) is 12.4 Å². The summed E-state index contributed by atoms with van der Waals surface area (Å²) in [4.78, 5) is 0. The highest BCUT2D eigenvalue weighted by molar-refractivity contribution is 7.98. The molecule has 0 spiro atoms. The summed E-state index contributed by atoms with van der Waals surface area (Å²) in [5.74, 6) is 2.43. The third-order valence-electron chi connectivity index (χ3n) is 4.00. The van der Waals surface area contributed by atoms with Crippen LogP contribution in [0.4, 0.5) is 0 Å². The number of tetrazole rings is 1. The number of hydrogen-bond acceptors (Lipinski definition) is 8. The molecular weight excluding hydrogens is 376 g/mol. The van der Waals surface area contributed by atoms with Crippen LogP contribution in [0.15, 0.2) is 58.2 Å². The van der Waals surface area contributed by atoms with E-state index in [-0.39, 0.29) is 6.61 Å². The van der Waals surface area contributed by atoms with Crippen LogP contribution in [0.5, 0.6) is 5.75 Å². The minimum absolute atomic E-state index is 0.222. The molecule has 0 fully saturated rings. The number of aromatic nitrogens is 6. The molecule has 2 heterocycles. The molecule has 2 aromatic heterocycles. The normalized spacial score (nSPS) is 10.9. The topological polar surface area (TPSA) is 91.8 Å². The van der Waals surface area contributed by atoms with Gasteiger partial charge in [-0.15, -0.1) is 15.3 Å². The molecule has 0 amide bonds. The summed E-state index contributed by atoms with van der Waals surface area (Å²) in [5, 5.41) is 20.4. The summed E-state index contributed by atoms with van der Waals surface area (Å²) in [5.41, 5.74) is 3.10. The predicted octanol–water partition coefficient (Wildman–Crippen LogP) is 3.53. The lowest BCUT2D eigenvalue weighted by Gasteiger charge is -2.07. The fraction of sp³-hybridized carbons (Fsp3) is 0.211. The van der Waals surface area contributed by atoms with E-state index >= 15 is 0 Å². The van der Waals surface area contributed by atoms with Gasteiger partial charge >= 0.3 is 0 Å². The SMILES string of the molecule is Cc1ccc(C)c(OCc2nnc(SCc3nnnn3-c3ccccc3)o2)c1. The molecule has 0 aliphatic rings. The van der Waals surface area contributed by atoms with Crippen molar-refractivity contribution in [2.45, 2.75) is 31.4 Å². The van der Waals surface area contributed by atoms with Crippen LogP contribution in [-0.4, -0.2) is 30.4 Å². The average molecular weight is 394 g/mol. The number of nitrogens with zero attached hydrogens (tertiary/aromatic N) is 6. The van der Waals surface area contributed by atoms with Gasteiger partial charge in [-0.3, -0.25) is 0 Å². The monoisotopic (exact) mass is 394 g/mol. The maximum absolute atomic E-state index is 5.80. The van der Waals surface area contributed by atoms with Crippen molar-refractivity contribution in [3.8, 4) is 11.4 Å². The van der Waals surface area contributed by atoms with Gasteiger partial charge in [0, 0.05) is 0 Å². The maximum atomic E-state index is 5.80. The molecule has 4 rings (SSSR count). The van der Waals surface area contributed by atoms with Gasteiger partial charge in [-0.05, 0) is 53.6 Å². The third-order valence-corrected chi connectivity index (χ3v) is 4.82. The zero-order chi connectivity index (χ0) is 19.3. The van der Waals surface area contributed by atoms with E-state index in [1.54, 1.807) is 4.68 Å². The minimum atomic E-state index is 0.222. The molecule has 8 nitrogen and oxygen atoms in total. The zero-order valence-corrected chi connectivity index (χ0v) is 16.3. The summed E-state index contributed by atoms with van der Waals surface area (Å²) < 4.78 is 13.1. The van der Waals surface area contributed by atoms with Gasteiger partial charge in [-0.2, -0.15) is 4.68 Å². The quantitative estimate of drug-likeness (QED) is 0.440. The lowest BCUT2D eigenvalue weighted by atomic mass is 10.1. The number of para-hydroxylation sites is 1. The van der Waals surface area contributed by atoms with Crippen molar-refractivity contribution in [3.05, 3.63) is 71.4 Å². The summed E-state index contributed by atoms with van der Waals surface area (Å²) >= 11 is 1.38. The lowest BCUT2D eigenvalue weighted by molar-refractivity contribution is 0.250. The van der Waals surface area contributed by atoms with Crippen LogP contribution in [0.3, 0.4) is 0 Å². The smallest absolute Gasteiger partial charge is 0.277 e. The van der Waals surface area contributed by atoms with Gasteiger partial charge in [0.25, 0.3) is 11.1 Å². The summed E-state index contributed by atoms with van der Waals surface area (Å²) in [7, 11) is 0. The Morgan fingerprint density at radius 2 is 1.89 bits per heavy atom. The second-order valence-corrected chi connectivity index (χ2v) is 7.08. The summed E-state index contributed by atoms with van der Waals surface area (Å²) in [6, 6.07) is 15.8. The van der Waals surface area contributed by atoms with Gasteiger partial charge in [0.1, 0.15) is 5.75 Å². The zero-order valence-electron chi connectivity index (χ0n) is 15.4. The molecule has 0 radical (unpaired) electrons. The lowest BCUT2D eigenvalue weighted by Crippen LogP contribution is -2.01. The number of thioether (sulfide) groups is 1. The Morgan fingerprint density at radius 1 is 1.04 bits per heavy atom. The van der Waals surface area contributed by atoms with Crippen LogP contribution in [0.2, 0.25) is 0 Å². The van der Waals surface area contributed by atoms with Gasteiger partial charge in [-0.25, -0.2) is 0 Å². The molecule has 0 atom stereocenters. The Bertz CT molecular complexity index is 1060. The van der Waals surface area contributed by atoms with Crippen LogP contribution in [-0.2, 0) is 12.4 Å². The van der Waals surface area contributed by atoms with Crippen molar-refractivity contribution in [3.63, 3.8) is 0 Å². The van der Waals surface area contributed by atoms with Crippen LogP contribution >= 0.6 is 11.8 Å². The van der Waals surface area contributed by atoms with Gasteiger partial charge < -0.3 is 9.15 Å². The molecule has 4 aromatic rings. The standard InChI is InChI=1S/C19H18N6O2S/c1-13-8-9-14(2)16(10-13)26-11-18-21-22-19(27-18)28-12-17-20-23-24-25(17)15-6-4-3-5-7-15/h3-10H,11-12H2,1-2H3. The van der Waals surface area contributed by atoms with Crippen molar-refractivity contribution < 1.29 is 9.15 Å². The Kier molecular flexibility index (Phi) is 5.34. The summed E-state index contributed by atoms with van der Waals surface area (Å²) in [6.07, 6.45) is 0.